The molecule has 3 aromatic carbocycles. The number of nitrogens with two attached hydrogens (primary N) is 1. The molecule has 0 saturated heterocycles. The van der Waals surface area contributed by atoms with Crippen molar-refractivity contribution in [3.05, 3.63) is 101 Å². The van der Waals surface area contributed by atoms with Gasteiger partial charge < -0.3 is 20.5 Å². The van der Waals surface area contributed by atoms with Crippen LogP contribution in [0.15, 0.2) is 84.2 Å². The van der Waals surface area contributed by atoms with Crippen LogP contribution in [0.1, 0.15) is 28.4 Å². The number of carbonyl (C=O) groups excluding carboxylic acids is 1. The lowest BCUT2D eigenvalue weighted by atomic mass is 10.1. The van der Waals surface area contributed by atoms with E-state index in [0.29, 0.717) is 34.2 Å². The highest BCUT2D eigenvalue weighted by Gasteiger charge is 2.25. The van der Waals surface area contributed by atoms with Crippen molar-refractivity contribution < 1.29 is 18.8 Å². The first kappa shape index (κ1) is 23.9. The number of thiophene rings is 1. The maximum atomic E-state index is 12.8. The van der Waals surface area contributed by atoms with Gasteiger partial charge in [-0.2, -0.15) is 0 Å². The molecule has 0 bridgehead atoms. The summed E-state index contributed by atoms with van der Waals surface area (Å²) in [5.74, 6) is -0.299. The maximum absolute atomic E-state index is 12.8. The number of aryl methyl sites for hydroxylation is 1. The van der Waals surface area contributed by atoms with Gasteiger partial charge in [0.25, 0.3) is 5.91 Å². The number of nitrogens with one attached hydrogen (secondary N) is 1. The molecule has 1 amide bonds. The van der Waals surface area contributed by atoms with Gasteiger partial charge in [0.1, 0.15) is 0 Å². The summed E-state index contributed by atoms with van der Waals surface area (Å²) in [6.45, 7) is 1.87. The molecule has 1 atom stereocenters. The zero-order valence-corrected chi connectivity index (χ0v) is 20.3. The molecule has 4 N–H and O–H groups in total. The van der Waals surface area contributed by atoms with Gasteiger partial charge in [-0.3, -0.25) is 9.36 Å². The van der Waals surface area contributed by atoms with Gasteiger partial charge in [-0.1, -0.05) is 49.4 Å². The first-order chi connectivity index (χ1) is 16.4. The Bertz CT molecular complexity index is 1340. The molecule has 34 heavy (non-hydrogen) atoms. The van der Waals surface area contributed by atoms with Crippen LogP contribution in [0.2, 0.25) is 0 Å². The molecule has 0 aliphatic carbocycles. The molecule has 0 aliphatic rings. The van der Waals surface area contributed by atoms with Gasteiger partial charge in [0.2, 0.25) is 0 Å². The fourth-order valence-electron chi connectivity index (χ4n) is 3.52. The first-order valence-electron chi connectivity index (χ1n) is 10.8. The largest absolute Gasteiger partial charge is 0.397 e. The van der Waals surface area contributed by atoms with Gasteiger partial charge in [-0.25, -0.2) is 0 Å². The molecule has 1 aromatic heterocycles. The van der Waals surface area contributed by atoms with Gasteiger partial charge >= 0.3 is 7.60 Å². The van der Waals surface area contributed by atoms with Crippen molar-refractivity contribution in [1.82, 2.24) is 0 Å². The van der Waals surface area contributed by atoms with E-state index in [4.69, 9.17) is 10.3 Å². The molecule has 174 valence electrons. The van der Waals surface area contributed by atoms with E-state index in [2.05, 4.69) is 5.32 Å². The molecule has 0 spiro atoms. The van der Waals surface area contributed by atoms with E-state index in [0.717, 1.165) is 16.0 Å². The number of carbonyl (C=O) groups is 1. The highest BCUT2D eigenvalue weighted by Crippen LogP contribution is 2.42. The third-order valence-corrected chi connectivity index (χ3v) is 7.85. The van der Waals surface area contributed by atoms with E-state index in [9.17, 15) is 14.3 Å². The fourth-order valence-corrected chi connectivity index (χ4v) is 5.58. The van der Waals surface area contributed by atoms with Crippen molar-refractivity contribution in [2.45, 2.75) is 20.0 Å². The lowest BCUT2D eigenvalue weighted by Crippen LogP contribution is -2.14. The number of hydrogen-bond acceptors (Lipinski definition) is 5. The number of amides is 1. The number of benzene rings is 3. The van der Waals surface area contributed by atoms with Crippen molar-refractivity contribution in [1.29, 1.82) is 0 Å². The highest BCUT2D eigenvalue weighted by molar-refractivity contribution is 7.61. The Morgan fingerprint density at radius 3 is 2.53 bits per heavy atom. The minimum absolute atomic E-state index is 0.0521. The minimum Gasteiger partial charge on any atom is -0.397 e. The Hall–Kier alpha value is -3.22. The minimum atomic E-state index is -3.96. The average molecular weight is 493 g/mol. The zero-order valence-electron chi connectivity index (χ0n) is 18.6. The van der Waals surface area contributed by atoms with Gasteiger partial charge in [0.05, 0.1) is 23.3 Å². The second-order valence-corrected chi connectivity index (χ2v) is 10.4. The van der Waals surface area contributed by atoms with Crippen molar-refractivity contribution in [2.75, 3.05) is 11.1 Å². The van der Waals surface area contributed by atoms with Gasteiger partial charge in [-0.15, -0.1) is 11.3 Å². The molecule has 8 heteroatoms. The molecule has 4 rings (SSSR count). The molecular weight excluding hydrogens is 467 g/mol. The van der Waals surface area contributed by atoms with Crippen LogP contribution < -0.4 is 16.4 Å². The molecule has 6 nitrogen and oxygen atoms in total. The molecule has 0 aliphatic heterocycles. The van der Waals surface area contributed by atoms with Crippen molar-refractivity contribution >= 4 is 41.5 Å². The van der Waals surface area contributed by atoms with Crippen LogP contribution in [-0.4, -0.2) is 10.8 Å². The van der Waals surface area contributed by atoms with E-state index in [-0.39, 0.29) is 12.5 Å². The SMILES string of the molecule is CCc1ccccc1P(=O)(O)OCc1ccc(C(=O)Nc2cc(-c3cccs3)ccc2N)cc1. The van der Waals surface area contributed by atoms with Gasteiger partial charge in [0.15, 0.2) is 0 Å². The number of rotatable bonds is 8. The summed E-state index contributed by atoms with van der Waals surface area (Å²) >= 11 is 1.61. The van der Waals surface area contributed by atoms with Crippen LogP contribution in [0.3, 0.4) is 0 Å². The van der Waals surface area contributed by atoms with Gasteiger partial charge in [-0.05, 0) is 64.9 Å². The molecule has 1 heterocycles. The normalized spacial score (nSPS) is 12.8. The summed E-state index contributed by atoms with van der Waals surface area (Å²) in [5.41, 5.74) is 9.96. The topological polar surface area (TPSA) is 102 Å². The van der Waals surface area contributed by atoms with Crippen LogP contribution in [0, 0.1) is 0 Å². The maximum Gasteiger partial charge on any atom is 0.359 e. The Labute approximate surface area is 202 Å². The molecule has 0 radical (unpaired) electrons. The lowest BCUT2D eigenvalue weighted by Gasteiger charge is -2.15. The first-order valence-corrected chi connectivity index (χ1v) is 13.2. The number of hydrogen-bond donors (Lipinski definition) is 3. The Morgan fingerprint density at radius 2 is 1.82 bits per heavy atom. The summed E-state index contributed by atoms with van der Waals surface area (Å²) < 4.78 is 18.1. The van der Waals surface area contributed by atoms with E-state index in [1.807, 2.05) is 48.7 Å². The van der Waals surface area contributed by atoms with Crippen LogP contribution in [0.4, 0.5) is 11.4 Å². The molecule has 0 saturated carbocycles. The molecule has 0 fully saturated rings. The Kier molecular flexibility index (Phi) is 7.29. The zero-order chi connectivity index (χ0) is 24.1. The standard InChI is InChI=1S/C26H25N2O4PS/c1-2-19-6-3-4-7-24(19)33(30,31)32-17-18-9-11-20(12-10-18)26(29)28-23-16-21(13-14-22(23)27)25-8-5-15-34-25/h3-16H,2,17,27H2,1H3,(H,28,29)(H,30,31). The van der Waals surface area contributed by atoms with E-state index >= 15 is 0 Å². The third kappa shape index (κ3) is 5.46. The molecule has 4 aromatic rings. The summed E-state index contributed by atoms with van der Waals surface area (Å²) in [4.78, 5) is 24.3. The van der Waals surface area contributed by atoms with Crippen LogP contribution in [0.25, 0.3) is 10.4 Å². The number of nitrogen functional groups attached to an aromatic ring is 1. The second-order valence-electron chi connectivity index (χ2n) is 7.71. The lowest BCUT2D eigenvalue weighted by molar-refractivity contribution is 0.102. The summed E-state index contributed by atoms with van der Waals surface area (Å²) in [7, 11) is -3.96. The predicted octanol–water partition coefficient (Wildman–Crippen LogP) is 5.84. The Balaban J connectivity index is 1.42. The second kappa shape index (κ2) is 10.4. The molecular formula is C26H25N2O4PS. The van der Waals surface area contributed by atoms with Crippen LogP contribution in [-0.2, 0) is 22.1 Å². The van der Waals surface area contributed by atoms with E-state index in [1.54, 1.807) is 53.8 Å². The summed E-state index contributed by atoms with van der Waals surface area (Å²) in [6.07, 6.45) is 0.634. The van der Waals surface area contributed by atoms with E-state index in [1.165, 1.54) is 0 Å². The Morgan fingerprint density at radius 1 is 1.06 bits per heavy atom. The van der Waals surface area contributed by atoms with Crippen molar-refractivity contribution in [3.63, 3.8) is 0 Å². The fraction of sp³-hybridized carbons (Fsp3) is 0.115. The monoisotopic (exact) mass is 492 g/mol. The van der Waals surface area contributed by atoms with Gasteiger partial charge in [0, 0.05) is 10.4 Å². The van der Waals surface area contributed by atoms with E-state index < -0.39 is 7.60 Å². The average Bonchev–Trinajstić information content (AvgIpc) is 3.39. The van der Waals surface area contributed by atoms with Crippen LogP contribution >= 0.6 is 18.9 Å². The summed E-state index contributed by atoms with van der Waals surface area (Å²) in [5, 5.41) is 5.17. The van der Waals surface area contributed by atoms with Crippen molar-refractivity contribution in [3.8, 4) is 10.4 Å². The smallest absolute Gasteiger partial charge is 0.359 e. The third-order valence-electron chi connectivity index (χ3n) is 5.41. The molecule has 1 unspecified atom stereocenters. The quantitative estimate of drug-likeness (QED) is 0.212. The number of anilines is 2. The summed E-state index contributed by atoms with van der Waals surface area (Å²) in [6, 6.07) is 23.2. The van der Waals surface area contributed by atoms with Crippen molar-refractivity contribution in [2.24, 2.45) is 0 Å². The van der Waals surface area contributed by atoms with Crippen LogP contribution in [0.5, 0.6) is 0 Å². The highest BCUT2D eigenvalue weighted by atomic mass is 32.1. The predicted molar refractivity (Wildman–Crippen MR) is 139 cm³/mol.